The number of carbonyl (C=O) groups is 1. The lowest BCUT2D eigenvalue weighted by Gasteiger charge is -2.09. The second-order valence-electron chi connectivity index (χ2n) is 7.08. The van der Waals surface area contributed by atoms with Crippen LogP contribution in [0.5, 0.6) is 11.5 Å². The Bertz CT molecular complexity index is 1120. The molecule has 30 heavy (non-hydrogen) atoms. The molecule has 0 saturated carbocycles. The van der Waals surface area contributed by atoms with Crippen molar-refractivity contribution in [3.8, 4) is 11.5 Å². The Morgan fingerprint density at radius 2 is 1.73 bits per heavy atom. The number of nitrogens with zero attached hydrogens (tertiary/aromatic N) is 1. The van der Waals surface area contributed by atoms with Crippen LogP contribution in [0.2, 0.25) is 0 Å². The minimum atomic E-state index is -0.114. The normalized spacial score (nSPS) is 12.4. The summed E-state index contributed by atoms with van der Waals surface area (Å²) in [6.07, 6.45) is 1.96. The molecule has 0 atom stereocenters. The summed E-state index contributed by atoms with van der Waals surface area (Å²) < 4.78 is 0. The highest BCUT2D eigenvalue weighted by Crippen LogP contribution is 2.42. The van der Waals surface area contributed by atoms with Gasteiger partial charge in [-0.15, -0.1) is 0 Å². The van der Waals surface area contributed by atoms with Crippen molar-refractivity contribution >= 4 is 29.1 Å². The Morgan fingerprint density at radius 1 is 0.967 bits per heavy atom. The molecule has 5 nitrogen and oxygen atoms in total. The summed E-state index contributed by atoms with van der Waals surface area (Å²) in [7, 11) is 0. The fourth-order valence-corrected chi connectivity index (χ4v) is 4.28. The van der Waals surface area contributed by atoms with E-state index in [0.29, 0.717) is 17.8 Å². The molecule has 1 aliphatic rings. The Hall–Kier alpha value is -3.25. The van der Waals surface area contributed by atoms with Gasteiger partial charge in [-0.2, -0.15) is 0 Å². The van der Waals surface area contributed by atoms with Crippen molar-refractivity contribution in [1.82, 2.24) is 5.32 Å². The van der Waals surface area contributed by atoms with Crippen LogP contribution in [-0.4, -0.2) is 28.4 Å². The van der Waals surface area contributed by atoms with E-state index >= 15 is 0 Å². The summed E-state index contributed by atoms with van der Waals surface area (Å²) in [6, 6.07) is 17.5. The second-order valence-corrected chi connectivity index (χ2v) is 8.17. The molecule has 0 aromatic heterocycles. The summed E-state index contributed by atoms with van der Waals surface area (Å²) in [5.74, 6) is 0.249. The molecule has 0 spiro atoms. The zero-order chi connectivity index (χ0) is 21.1. The molecule has 6 heteroatoms. The Balaban J connectivity index is 1.80. The van der Waals surface area contributed by atoms with Crippen LogP contribution < -0.4 is 5.32 Å². The standard InChI is InChI=1S/C24H22N2O3S/c1-2-3-12-25-24(29)16-6-11-21-20(13-16)26-23(15-4-7-17(27)8-5-15)19-10-9-18(28)14-22(19)30-21/h4-11,13-14,27-28H,2-3,12H2,1H3,(H,25,29). The maximum atomic E-state index is 12.5. The van der Waals surface area contributed by atoms with Gasteiger partial charge in [0.25, 0.3) is 5.91 Å². The molecular weight excluding hydrogens is 396 g/mol. The Morgan fingerprint density at radius 3 is 2.50 bits per heavy atom. The smallest absolute Gasteiger partial charge is 0.251 e. The fourth-order valence-electron chi connectivity index (χ4n) is 3.24. The van der Waals surface area contributed by atoms with Gasteiger partial charge in [0.2, 0.25) is 0 Å². The molecule has 0 aliphatic carbocycles. The fraction of sp³-hybridized carbons (Fsp3) is 0.167. The molecule has 152 valence electrons. The van der Waals surface area contributed by atoms with E-state index in [1.54, 1.807) is 36.4 Å². The number of aromatic hydroxyl groups is 2. The number of rotatable bonds is 5. The lowest BCUT2D eigenvalue weighted by atomic mass is 10.0. The van der Waals surface area contributed by atoms with Gasteiger partial charge in [0, 0.05) is 33.0 Å². The highest BCUT2D eigenvalue weighted by Gasteiger charge is 2.20. The van der Waals surface area contributed by atoms with Crippen LogP contribution in [0.3, 0.4) is 0 Å². The first kappa shape index (κ1) is 20.0. The van der Waals surface area contributed by atoms with Gasteiger partial charge in [-0.1, -0.05) is 25.1 Å². The minimum absolute atomic E-state index is 0.114. The van der Waals surface area contributed by atoms with E-state index in [1.807, 2.05) is 24.3 Å². The van der Waals surface area contributed by atoms with Gasteiger partial charge in [-0.25, -0.2) is 4.99 Å². The zero-order valence-corrected chi connectivity index (χ0v) is 17.4. The van der Waals surface area contributed by atoms with E-state index in [0.717, 1.165) is 39.5 Å². The molecule has 1 heterocycles. The number of amides is 1. The first-order valence-electron chi connectivity index (χ1n) is 9.86. The van der Waals surface area contributed by atoms with Crippen LogP contribution in [0.15, 0.2) is 75.4 Å². The topological polar surface area (TPSA) is 81.9 Å². The summed E-state index contributed by atoms with van der Waals surface area (Å²) >= 11 is 1.51. The van der Waals surface area contributed by atoms with Crippen molar-refractivity contribution in [3.63, 3.8) is 0 Å². The molecule has 0 fully saturated rings. The second kappa shape index (κ2) is 8.63. The van der Waals surface area contributed by atoms with E-state index in [9.17, 15) is 15.0 Å². The van der Waals surface area contributed by atoms with E-state index in [1.165, 1.54) is 11.8 Å². The van der Waals surface area contributed by atoms with E-state index in [2.05, 4.69) is 12.2 Å². The molecule has 3 N–H and O–H groups in total. The molecular formula is C24H22N2O3S. The predicted octanol–water partition coefficient (Wildman–Crippen LogP) is 5.26. The molecule has 1 amide bonds. The average molecular weight is 419 g/mol. The summed E-state index contributed by atoms with van der Waals surface area (Å²) in [4.78, 5) is 19.2. The number of carbonyl (C=O) groups excluding carboxylic acids is 1. The molecule has 3 aromatic carbocycles. The van der Waals surface area contributed by atoms with Crippen molar-refractivity contribution in [2.75, 3.05) is 6.54 Å². The number of phenolic OH excluding ortho intramolecular Hbond substituents is 2. The van der Waals surface area contributed by atoms with Gasteiger partial charge in [0.15, 0.2) is 0 Å². The van der Waals surface area contributed by atoms with Crippen molar-refractivity contribution in [2.45, 2.75) is 29.6 Å². The number of benzene rings is 3. The summed E-state index contributed by atoms with van der Waals surface area (Å²) in [5, 5.41) is 22.6. The van der Waals surface area contributed by atoms with Gasteiger partial charge >= 0.3 is 0 Å². The largest absolute Gasteiger partial charge is 0.508 e. The first-order valence-corrected chi connectivity index (χ1v) is 10.7. The number of hydrogen-bond acceptors (Lipinski definition) is 5. The molecule has 4 rings (SSSR count). The van der Waals surface area contributed by atoms with Crippen molar-refractivity contribution in [3.05, 3.63) is 77.4 Å². The third-order valence-electron chi connectivity index (χ3n) is 4.85. The Labute approximate surface area is 179 Å². The predicted molar refractivity (Wildman–Crippen MR) is 119 cm³/mol. The van der Waals surface area contributed by atoms with Gasteiger partial charge in [-0.3, -0.25) is 4.79 Å². The molecule has 0 bridgehead atoms. The van der Waals surface area contributed by atoms with E-state index < -0.39 is 0 Å². The van der Waals surface area contributed by atoms with Crippen molar-refractivity contribution < 1.29 is 15.0 Å². The van der Waals surface area contributed by atoms with Crippen LogP contribution in [0.1, 0.15) is 41.3 Å². The van der Waals surface area contributed by atoms with Crippen LogP contribution in [0.25, 0.3) is 0 Å². The molecule has 0 radical (unpaired) electrons. The Kier molecular flexibility index (Phi) is 5.77. The minimum Gasteiger partial charge on any atom is -0.508 e. The van der Waals surface area contributed by atoms with E-state index in [-0.39, 0.29) is 17.4 Å². The zero-order valence-electron chi connectivity index (χ0n) is 16.6. The van der Waals surface area contributed by atoms with Crippen molar-refractivity contribution in [2.24, 2.45) is 4.99 Å². The molecule has 3 aromatic rings. The van der Waals surface area contributed by atoms with Gasteiger partial charge in [-0.05, 0) is 67.1 Å². The highest BCUT2D eigenvalue weighted by atomic mass is 32.2. The summed E-state index contributed by atoms with van der Waals surface area (Å²) in [5.41, 5.74) is 3.70. The van der Waals surface area contributed by atoms with E-state index in [4.69, 9.17) is 4.99 Å². The van der Waals surface area contributed by atoms with Gasteiger partial charge < -0.3 is 15.5 Å². The molecule has 0 saturated heterocycles. The maximum Gasteiger partial charge on any atom is 0.251 e. The SMILES string of the molecule is CCCCNC(=O)c1ccc2c(c1)N=C(c1ccc(O)cc1)c1ccc(O)cc1S2. The van der Waals surface area contributed by atoms with Gasteiger partial charge in [0.05, 0.1) is 11.4 Å². The highest BCUT2D eigenvalue weighted by molar-refractivity contribution is 7.99. The third kappa shape index (κ3) is 4.19. The molecule has 1 aliphatic heterocycles. The quantitative estimate of drug-likeness (QED) is 0.386. The van der Waals surface area contributed by atoms with Crippen LogP contribution in [0, 0.1) is 0 Å². The van der Waals surface area contributed by atoms with Gasteiger partial charge in [0.1, 0.15) is 11.5 Å². The average Bonchev–Trinajstić information content (AvgIpc) is 2.90. The first-order chi connectivity index (χ1) is 14.5. The number of unbranched alkanes of at least 4 members (excludes halogenated alkanes) is 1. The van der Waals surface area contributed by atoms with Crippen LogP contribution >= 0.6 is 11.8 Å². The number of fused-ring (bicyclic) bond motifs is 2. The number of hydrogen-bond donors (Lipinski definition) is 3. The monoisotopic (exact) mass is 418 g/mol. The number of aliphatic imine (C=N–C) groups is 1. The summed E-state index contributed by atoms with van der Waals surface area (Å²) in [6.45, 7) is 2.73. The van der Waals surface area contributed by atoms with Crippen LogP contribution in [-0.2, 0) is 0 Å². The lowest BCUT2D eigenvalue weighted by Crippen LogP contribution is -2.24. The lowest BCUT2D eigenvalue weighted by molar-refractivity contribution is 0.0953. The third-order valence-corrected chi connectivity index (χ3v) is 5.97. The van der Waals surface area contributed by atoms with Crippen LogP contribution in [0.4, 0.5) is 5.69 Å². The molecule has 0 unspecified atom stereocenters. The van der Waals surface area contributed by atoms with Crippen molar-refractivity contribution in [1.29, 1.82) is 0 Å². The number of phenols is 2. The number of nitrogens with one attached hydrogen (secondary N) is 1. The maximum absolute atomic E-state index is 12.5.